The van der Waals surface area contributed by atoms with E-state index in [1.165, 1.54) is 0 Å². The number of hydrogen-bond donors (Lipinski definition) is 3. The third-order valence-electron chi connectivity index (χ3n) is 3.75. The Labute approximate surface area is 135 Å². The van der Waals surface area contributed by atoms with E-state index in [2.05, 4.69) is 21.0 Å². The summed E-state index contributed by atoms with van der Waals surface area (Å²) in [6, 6.07) is 0.908. The van der Waals surface area contributed by atoms with Gasteiger partial charge in [-0.15, -0.1) is 0 Å². The first-order valence-electron chi connectivity index (χ1n) is 7.74. The quantitative estimate of drug-likeness (QED) is 0.626. The first-order chi connectivity index (χ1) is 10.8. The maximum atomic E-state index is 11.8. The van der Waals surface area contributed by atoms with E-state index in [0.29, 0.717) is 13.0 Å². The minimum atomic E-state index is -0.611. The van der Waals surface area contributed by atoms with Gasteiger partial charge in [-0.05, 0) is 32.3 Å². The molecule has 4 amide bonds. The van der Waals surface area contributed by atoms with Crippen LogP contribution in [0.3, 0.4) is 0 Å². The largest absolute Gasteiger partial charge is 0.356 e. The molecule has 1 saturated heterocycles. The zero-order valence-electron chi connectivity index (χ0n) is 13.7. The summed E-state index contributed by atoms with van der Waals surface area (Å²) in [7, 11) is 0. The Morgan fingerprint density at radius 1 is 1.43 bits per heavy atom. The maximum absolute atomic E-state index is 11.8. The van der Waals surface area contributed by atoms with Crippen molar-refractivity contribution in [1.82, 2.24) is 25.7 Å². The molecule has 3 N–H and O–H groups in total. The van der Waals surface area contributed by atoms with Crippen LogP contribution in [-0.2, 0) is 16.1 Å². The zero-order chi connectivity index (χ0) is 17.0. The average Bonchev–Trinajstić information content (AvgIpc) is 2.95. The van der Waals surface area contributed by atoms with E-state index >= 15 is 0 Å². The zero-order valence-corrected chi connectivity index (χ0v) is 13.7. The van der Waals surface area contributed by atoms with Crippen molar-refractivity contribution in [3.8, 4) is 0 Å². The number of carbonyl (C=O) groups excluding carboxylic acids is 3. The van der Waals surface area contributed by atoms with Crippen LogP contribution in [-0.4, -0.2) is 40.2 Å². The van der Waals surface area contributed by atoms with Crippen LogP contribution in [0.4, 0.5) is 4.79 Å². The maximum Gasteiger partial charge on any atom is 0.322 e. The number of nitrogens with zero attached hydrogens (tertiary/aromatic N) is 2. The summed E-state index contributed by atoms with van der Waals surface area (Å²) in [5.41, 5.74) is 2.08. The van der Waals surface area contributed by atoms with Gasteiger partial charge in [0.2, 0.25) is 5.91 Å². The summed E-state index contributed by atoms with van der Waals surface area (Å²) >= 11 is 0. The van der Waals surface area contributed by atoms with Crippen LogP contribution in [0.2, 0.25) is 0 Å². The Morgan fingerprint density at radius 2 is 2.17 bits per heavy atom. The van der Waals surface area contributed by atoms with Crippen LogP contribution in [0.15, 0.2) is 6.07 Å². The fourth-order valence-corrected chi connectivity index (χ4v) is 2.53. The smallest absolute Gasteiger partial charge is 0.322 e. The number of imide groups is 1. The topological polar surface area (TPSA) is 105 Å². The molecule has 1 aromatic heterocycles. The number of aromatic nitrogens is 2. The summed E-state index contributed by atoms with van der Waals surface area (Å²) in [6.45, 7) is 7.28. The van der Waals surface area contributed by atoms with Crippen molar-refractivity contribution in [2.45, 2.75) is 46.2 Å². The molecule has 8 nitrogen and oxygen atoms in total. The highest BCUT2D eigenvalue weighted by Gasteiger charge is 2.29. The van der Waals surface area contributed by atoms with Crippen LogP contribution in [0.1, 0.15) is 31.2 Å². The van der Waals surface area contributed by atoms with Gasteiger partial charge in [-0.3, -0.25) is 19.6 Å². The molecule has 2 heterocycles. The first kappa shape index (κ1) is 17.0. The Bertz CT molecular complexity index is 610. The van der Waals surface area contributed by atoms with Crippen molar-refractivity contribution in [2.24, 2.45) is 5.92 Å². The fraction of sp³-hybridized carbons (Fsp3) is 0.600. The van der Waals surface area contributed by atoms with Crippen LogP contribution in [0, 0.1) is 19.8 Å². The van der Waals surface area contributed by atoms with Gasteiger partial charge >= 0.3 is 6.03 Å². The summed E-state index contributed by atoms with van der Waals surface area (Å²) in [6.07, 6.45) is 0.500. The number of carbonyl (C=O) groups is 3. The Morgan fingerprint density at radius 3 is 2.74 bits per heavy atom. The lowest BCUT2D eigenvalue weighted by Crippen LogP contribution is -2.34. The fourth-order valence-electron chi connectivity index (χ4n) is 2.53. The molecule has 126 valence electrons. The van der Waals surface area contributed by atoms with Crippen LogP contribution < -0.4 is 16.0 Å². The minimum absolute atomic E-state index is 0.126. The molecule has 8 heteroatoms. The SMILES string of the molecule is Cc1cc(C)n(C[C@H](C)CNC(=O)CC[C@H]2NC(=O)NC2=O)n1. The predicted octanol–water partition coefficient (Wildman–Crippen LogP) is 0.240. The molecule has 0 radical (unpaired) electrons. The van der Waals surface area contributed by atoms with E-state index in [4.69, 9.17) is 0 Å². The van der Waals surface area contributed by atoms with Crippen molar-refractivity contribution in [3.63, 3.8) is 0 Å². The second-order valence-electron chi connectivity index (χ2n) is 6.07. The second kappa shape index (κ2) is 7.26. The number of urea groups is 1. The monoisotopic (exact) mass is 321 g/mol. The average molecular weight is 321 g/mol. The lowest BCUT2D eigenvalue weighted by atomic mass is 10.1. The summed E-state index contributed by atoms with van der Waals surface area (Å²) in [5.74, 6) is -0.258. The Balaban J connectivity index is 1.68. The van der Waals surface area contributed by atoms with Gasteiger partial charge in [-0.2, -0.15) is 5.10 Å². The van der Waals surface area contributed by atoms with E-state index in [-0.39, 0.29) is 24.2 Å². The van der Waals surface area contributed by atoms with E-state index in [0.717, 1.165) is 17.9 Å². The summed E-state index contributed by atoms with van der Waals surface area (Å²) < 4.78 is 1.94. The molecule has 0 aliphatic carbocycles. The third kappa shape index (κ3) is 4.80. The predicted molar refractivity (Wildman–Crippen MR) is 83.6 cm³/mol. The molecule has 0 spiro atoms. The molecule has 0 saturated carbocycles. The van der Waals surface area contributed by atoms with Gasteiger partial charge in [0, 0.05) is 25.2 Å². The summed E-state index contributed by atoms with van der Waals surface area (Å²) in [4.78, 5) is 34.2. The number of rotatable bonds is 7. The van der Waals surface area contributed by atoms with E-state index in [1.54, 1.807) is 0 Å². The minimum Gasteiger partial charge on any atom is -0.356 e. The van der Waals surface area contributed by atoms with E-state index < -0.39 is 12.1 Å². The molecular formula is C15H23N5O3. The van der Waals surface area contributed by atoms with E-state index in [9.17, 15) is 14.4 Å². The molecule has 2 atom stereocenters. The van der Waals surface area contributed by atoms with Gasteiger partial charge in [-0.1, -0.05) is 6.92 Å². The lowest BCUT2D eigenvalue weighted by molar-refractivity contribution is -0.122. The molecule has 23 heavy (non-hydrogen) atoms. The van der Waals surface area contributed by atoms with Gasteiger partial charge in [0.25, 0.3) is 5.91 Å². The molecular weight excluding hydrogens is 298 g/mol. The molecule has 0 aromatic carbocycles. The normalized spacial score (nSPS) is 18.5. The van der Waals surface area contributed by atoms with Crippen LogP contribution in [0.5, 0.6) is 0 Å². The highest BCUT2D eigenvalue weighted by molar-refractivity contribution is 6.04. The highest BCUT2D eigenvalue weighted by Crippen LogP contribution is 2.06. The molecule has 1 fully saturated rings. The molecule has 2 rings (SSSR count). The Hall–Kier alpha value is -2.38. The van der Waals surface area contributed by atoms with Crippen LogP contribution >= 0.6 is 0 Å². The van der Waals surface area contributed by atoms with Crippen molar-refractivity contribution in [2.75, 3.05) is 6.54 Å². The molecule has 0 unspecified atom stereocenters. The van der Waals surface area contributed by atoms with Gasteiger partial charge < -0.3 is 10.6 Å². The molecule has 1 aliphatic rings. The van der Waals surface area contributed by atoms with Crippen molar-refractivity contribution >= 4 is 17.8 Å². The van der Waals surface area contributed by atoms with Crippen molar-refractivity contribution in [1.29, 1.82) is 0 Å². The van der Waals surface area contributed by atoms with Gasteiger partial charge in [0.05, 0.1) is 5.69 Å². The Kier molecular flexibility index (Phi) is 5.36. The van der Waals surface area contributed by atoms with Crippen molar-refractivity contribution < 1.29 is 14.4 Å². The number of aryl methyl sites for hydroxylation is 2. The van der Waals surface area contributed by atoms with Gasteiger partial charge in [0.15, 0.2) is 0 Å². The van der Waals surface area contributed by atoms with Gasteiger partial charge in [0.1, 0.15) is 6.04 Å². The molecule has 1 aliphatic heterocycles. The summed E-state index contributed by atoms with van der Waals surface area (Å²) in [5, 5.41) is 11.9. The molecule has 1 aromatic rings. The first-order valence-corrected chi connectivity index (χ1v) is 7.74. The van der Waals surface area contributed by atoms with Crippen molar-refractivity contribution in [3.05, 3.63) is 17.5 Å². The van der Waals surface area contributed by atoms with E-state index in [1.807, 2.05) is 31.5 Å². The number of nitrogens with one attached hydrogen (secondary N) is 3. The number of amides is 4. The standard InChI is InChI=1S/C15H23N5O3/c1-9(8-20-11(3)6-10(2)19-20)7-16-13(21)5-4-12-14(22)18-15(23)17-12/h6,9,12H,4-5,7-8H2,1-3H3,(H,16,21)(H2,17,18,22,23)/t9-,12-/m1/s1. The second-order valence-corrected chi connectivity index (χ2v) is 6.07. The third-order valence-corrected chi connectivity index (χ3v) is 3.75. The lowest BCUT2D eigenvalue weighted by Gasteiger charge is -2.14. The molecule has 0 bridgehead atoms. The van der Waals surface area contributed by atoms with Crippen LogP contribution in [0.25, 0.3) is 0 Å². The highest BCUT2D eigenvalue weighted by atomic mass is 16.2. The van der Waals surface area contributed by atoms with Gasteiger partial charge in [-0.25, -0.2) is 4.79 Å². The number of hydrogen-bond acceptors (Lipinski definition) is 4.